The topological polar surface area (TPSA) is 9.23 Å². The smallest absolute Gasteiger partial charge is 0.409 e. The summed E-state index contributed by atoms with van der Waals surface area (Å²) >= 11 is 0. The normalized spacial score (nSPS) is 11.2. The van der Waals surface area contributed by atoms with Crippen LogP contribution in [-0.4, -0.2) is 12.8 Å². The summed E-state index contributed by atoms with van der Waals surface area (Å²) in [6.07, 6.45) is -1.02. The fraction of sp³-hybridized carbons (Fsp3) is 0.238. The highest BCUT2D eigenvalue weighted by Gasteiger charge is 2.21. The van der Waals surface area contributed by atoms with E-state index in [1.807, 2.05) is 12.1 Å². The molecule has 4 heteroatoms. The fourth-order valence-electron chi connectivity index (χ4n) is 2.15. The van der Waals surface area contributed by atoms with Crippen LogP contribution in [0.1, 0.15) is 30.0 Å². The van der Waals surface area contributed by atoms with Gasteiger partial charge in [0.2, 0.25) is 0 Å². The van der Waals surface area contributed by atoms with Gasteiger partial charge in [0.25, 0.3) is 0 Å². The van der Waals surface area contributed by atoms with Crippen molar-refractivity contribution in [3.63, 3.8) is 0 Å². The maximum Gasteiger partial charge on any atom is 0.409 e. The third-order valence-electron chi connectivity index (χ3n) is 3.35. The minimum absolute atomic E-state index is 0.130. The lowest BCUT2D eigenvalue weighted by Crippen LogP contribution is -2.02. The molecule has 0 aliphatic heterocycles. The van der Waals surface area contributed by atoms with Gasteiger partial charge < -0.3 is 4.74 Å². The van der Waals surface area contributed by atoms with E-state index in [1.165, 1.54) is 5.56 Å². The molecule has 2 rings (SSSR count). The van der Waals surface area contributed by atoms with Crippen LogP contribution in [0.3, 0.4) is 0 Å². The molecule has 0 unspecified atom stereocenters. The third-order valence-corrected chi connectivity index (χ3v) is 3.35. The van der Waals surface area contributed by atoms with Crippen LogP contribution in [0, 0.1) is 11.8 Å². The Hall–Kier alpha value is -2.67. The van der Waals surface area contributed by atoms with Crippen LogP contribution in [0.5, 0.6) is 5.75 Å². The lowest BCUT2D eigenvalue weighted by molar-refractivity contribution is -0.0801. The summed E-state index contributed by atoms with van der Waals surface area (Å²) in [5.41, 5.74) is 3.06. The molecule has 130 valence electrons. The van der Waals surface area contributed by atoms with Crippen molar-refractivity contribution in [2.75, 3.05) is 6.61 Å². The highest BCUT2D eigenvalue weighted by Crippen LogP contribution is 2.16. The molecule has 0 saturated carbocycles. The summed E-state index contributed by atoms with van der Waals surface area (Å²) in [7, 11) is 0. The first-order valence-corrected chi connectivity index (χ1v) is 8.04. The van der Waals surface area contributed by atoms with Gasteiger partial charge in [0.15, 0.2) is 0 Å². The van der Waals surface area contributed by atoms with Crippen molar-refractivity contribution in [3.8, 4) is 17.6 Å². The molecule has 0 saturated heterocycles. The minimum atomic E-state index is -4.31. The Morgan fingerprint density at radius 1 is 0.920 bits per heavy atom. The fourth-order valence-corrected chi connectivity index (χ4v) is 2.15. The number of hydrogen-bond donors (Lipinski definition) is 0. The van der Waals surface area contributed by atoms with Gasteiger partial charge in [-0.1, -0.05) is 37.3 Å². The van der Waals surface area contributed by atoms with Crippen molar-refractivity contribution in [2.45, 2.75) is 25.9 Å². The van der Waals surface area contributed by atoms with Gasteiger partial charge in [-0.15, -0.1) is 0 Å². The van der Waals surface area contributed by atoms with Crippen molar-refractivity contribution in [1.82, 2.24) is 0 Å². The van der Waals surface area contributed by atoms with Crippen LogP contribution in [-0.2, 0) is 6.42 Å². The highest BCUT2D eigenvalue weighted by molar-refractivity contribution is 5.44. The molecule has 0 spiro atoms. The van der Waals surface area contributed by atoms with Gasteiger partial charge in [-0.3, -0.25) is 0 Å². The van der Waals surface area contributed by atoms with Crippen LogP contribution in [0.15, 0.2) is 60.7 Å². The molecule has 0 aliphatic rings. The van der Waals surface area contributed by atoms with Gasteiger partial charge in [-0.25, -0.2) is 0 Å². The largest absolute Gasteiger partial charge is 0.490 e. The minimum Gasteiger partial charge on any atom is -0.490 e. The summed E-state index contributed by atoms with van der Waals surface area (Å²) in [5, 5.41) is 0. The Kier molecular flexibility index (Phi) is 6.71. The molecule has 0 aromatic heterocycles. The van der Waals surface area contributed by atoms with E-state index in [2.05, 4.69) is 30.9 Å². The van der Waals surface area contributed by atoms with E-state index in [9.17, 15) is 13.2 Å². The lowest BCUT2D eigenvalue weighted by atomic mass is 10.1. The van der Waals surface area contributed by atoms with Crippen LogP contribution < -0.4 is 4.74 Å². The molecule has 2 aromatic rings. The molecule has 2 aromatic carbocycles. The zero-order chi connectivity index (χ0) is 18.1. The zero-order valence-corrected chi connectivity index (χ0v) is 13.9. The van der Waals surface area contributed by atoms with E-state index >= 15 is 0 Å². The number of benzene rings is 2. The number of allylic oxidation sites excluding steroid dienone is 1. The Bertz CT molecular complexity index is 745. The van der Waals surface area contributed by atoms with Gasteiger partial charge in [0.05, 0.1) is 0 Å². The molecule has 0 atom stereocenters. The number of aryl methyl sites for hydroxylation is 1. The summed E-state index contributed by atoms with van der Waals surface area (Å²) in [4.78, 5) is 0. The highest BCUT2D eigenvalue weighted by atomic mass is 19.4. The molecular formula is C21H19F3O. The number of hydrogen-bond acceptors (Lipinski definition) is 1. The second-order valence-electron chi connectivity index (χ2n) is 5.48. The Morgan fingerprint density at radius 2 is 1.48 bits per heavy atom. The predicted molar refractivity (Wildman–Crippen MR) is 93.5 cm³/mol. The molecule has 0 fully saturated rings. The standard InChI is InChI=1S/C21H19F3O/c1-2-4-17-5-7-18(8-6-17)9-10-19-11-13-20(14-12-19)25-16-3-15-21(22,23)24/h3,5-8,11-15H,2,4,16H2,1H3/b15-3+. The summed E-state index contributed by atoms with van der Waals surface area (Å²) in [6, 6.07) is 15.1. The van der Waals surface area contributed by atoms with Crippen LogP contribution in [0.4, 0.5) is 13.2 Å². The quantitative estimate of drug-likeness (QED) is 0.511. The molecular weight excluding hydrogens is 325 g/mol. The second-order valence-corrected chi connectivity index (χ2v) is 5.48. The lowest BCUT2D eigenvalue weighted by Gasteiger charge is -2.03. The average molecular weight is 344 g/mol. The van der Waals surface area contributed by atoms with Crippen molar-refractivity contribution in [1.29, 1.82) is 0 Å². The molecule has 0 aliphatic carbocycles. The number of ether oxygens (including phenoxy) is 1. The number of alkyl halides is 3. The molecule has 0 N–H and O–H groups in total. The van der Waals surface area contributed by atoms with E-state index in [4.69, 9.17) is 4.74 Å². The van der Waals surface area contributed by atoms with Gasteiger partial charge in [0.1, 0.15) is 12.4 Å². The van der Waals surface area contributed by atoms with Gasteiger partial charge in [0, 0.05) is 17.2 Å². The zero-order valence-electron chi connectivity index (χ0n) is 13.9. The molecule has 1 nitrogen and oxygen atoms in total. The Balaban J connectivity index is 1.91. The molecule has 25 heavy (non-hydrogen) atoms. The van der Waals surface area contributed by atoms with E-state index in [0.717, 1.165) is 30.0 Å². The third kappa shape index (κ3) is 7.17. The van der Waals surface area contributed by atoms with E-state index in [1.54, 1.807) is 24.3 Å². The summed E-state index contributed by atoms with van der Waals surface area (Å²) < 4.78 is 41.1. The van der Waals surface area contributed by atoms with Crippen molar-refractivity contribution in [3.05, 3.63) is 77.4 Å². The first-order chi connectivity index (χ1) is 12.0. The Labute approximate surface area is 146 Å². The van der Waals surface area contributed by atoms with E-state index < -0.39 is 6.18 Å². The van der Waals surface area contributed by atoms with Gasteiger partial charge >= 0.3 is 6.18 Å². The molecule has 0 bridgehead atoms. The number of rotatable bonds is 5. The van der Waals surface area contributed by atoms with Crippen LogP contribution in [0.2, 0.25) is 0 Å². The SMILES string of the molecule is CCCc1ccc(C#Cc2ccc(OC/C=C/C(F)(F)F)cc2)cc1. The van der Waals surface area contributed by atoms with Crippen LogP contribution in [0.25, 0.3) is 0 Å². The Morgan fingerprint density at radius 3 is 2.00 bits per heavy atom. The maximum absolute atomic E-state index is 12.0. The predicted octanol–water partition coefficient (Wildman–Crippen LogP) is 5.54. The molecule has 0 radical (unpaired) electrons. The van der Waals surface area contributed by atoms with Gasteiger partial charge in [-0.05, 0) is 54.5 Å². The van der Waals surface area contributed by atoms with E-state index in [0.29, 0.717) is 5.75 Å². The summed E-state index contributed by atoms with van der Waals surface area (Å²) in [6.45, 7) is 2.02. The average Bonchev–Trinajstić information content (AvgIpc) is 2.59. The first kappa shape index (κ1) is 18.7. The van der Waals surface area contributed by atoms with Crippen molar-refractivity contribution in [2.24, 2.45) is 0 Å². The van der Waals surface area contributed by atoms with Gasteiger partial charge in [-0.2, -0.15) is 13.2 Å². The second kappa shape index (κ2) is 8.98. The molecule has 0 heterocycles. The van der Waals surface area contributed by atoms with Crippen LogP contribution >= 0.6 is 0 Å². The summed E-state index contributed by atoms with van der Waals surface area (Å²) in [5.74, 6) is 6.65. The van der Waals surface area contributed by atoms with E-state index in [-0.39, 0.29) is 12.7 Å². The number of halogens is 3. The van der Waals surface area contributed by atoms with Crippen molar-refractivity contribution < 1.29 is 17.9 Å². The van der Waals surface area contributed by atoms with Crippen molar-refractivity contribution >= 4 is 0 Å². The monoisotopic (exact) mass is 344 g/mol. The maximum atomic E-state index is 12.0. The first-order valence-electron chi connectivity index (χ1n) is 8.04. The molecule has 0 amide bonds.